The van der Waals surface area contributed by atoms with E-state index in [0.29, 0.717) is 12.2 Å². The molecule has 0 radical (unpaired) electrons. The third-order valence-corrected chi connectivity index (χ3v) is 5.41. The Morgan fingerprint density at radius 1 is 1.14 bits per heavy atom. The number of fused-ring (bicyclic) bond motifs is 1. The molecule has 0 atom stereocenters. The summed E-state index contributed by atoms with van der Waals surface area (Å²) in [5, 5.41) is 1.90. The van der Waals surface area contributed by atoms with Crippen LogP contribution >= 0.6 is 11.3 Å². The molecule has 0 aliphatic carbocycles. The molecule has 7 heteroatoms. The molecule has 0 spiro atoms. The molecule has 0 fully saturated rings. The Hall–Kier alpha value is -3.06. The van der Waals surface area contributed by atoms with Crippen LogP contribution in [0.5, 0.6) is 0 Å². The Balaban J connectivity index is 1.60. The van der Waals surface area contributed by atoms with Crippen molar-refractivity contribution in [3.63, 3.8) is 0 Å². The van der Waals surface area contributed by atoms with Crippen LogP contribution in [0.15, 0.2) is 60.1 Å². The lowest BCUT2D eigenvalue weighted by Crippen LogP contribution is -2.32. The molecule has 0 aliphatic rings. The molecule has 4 nitrogen and oxygen atoms in total. The van der Waals surface area contributed by atoms with Gasteiger partial charge in [-0.3, -0.25) is 9.20 Å². The number of thiazole rings is 1. The molecular formula is C21H17F2N3OS. The highest BCUT2D eigenvalue weighted by Crippen LogP contribution is 2.25. The molecule has 0 aliphatic heterocycles. The summed E-state index contributed by atoms with van der Waals surface area (Å²) in [6.07, 6.45) is 2.05. The zero-order chi connectivity index (χ0) is 19.7. The van der Waals surface area contributed by atoms with Crippen molar-refractivity contribution >= 4 is 27.9 Å². The third-order valence-electron chi connectivity index (χ3n) is 4.52. The van der Waals surface area contributed by atoms with Gasteiger partial charge in [-0.25, -0.2) is 13.8 Å². The Kier molecular flexibility index (Phi) is 4.92. The first-order valence-corrected chi connectivity index (χ1v) is 9.71. The van der Waals surface area contributed by atoms with Crippen molar-refractivity contribution in [1.82, 2.24) is 9.38 Å². The van der Waals surface area contributed by atoms with Gasteiger partial charge in [0.25, 0.3) is 0 Å². The molecule has 4 rings (SSSR count). The van der Waals surface area contributed by atoms with Crippen LogP contribution in [0.2, 0.25) is 0 Å². The summed E-state index contributed by atoms with van der Waals surface area (Å²) in [4.78, 5) is 19.7. The summed E-state index contributed by atoms with van der Waals surface area (Å²) in [6.45, 7) is 2.16. The first kappa shape index (κ1) is 18.3. The fraction of sp³-hybridized carbons (Fsp3) is 0.143. The Labute approximate surface area is 164 Å². The second-order valence-corrected chi connectivity index (χ2v) is 7.12. The highest BCUT2D eigenvalue weighted by atomic mass is 32.1. The minimum absolute atomic E-state index is 0.136. The molecule has 0 N–H and O–H groups in total. The maximum atomic E-state index is 13.6. The van der Waals surface area contributed by atoms with E-state index in [9.17, 15) is 13.6 Å². The van der Waals surface area contributed by atoms with Gasteiger partial charge in [0.05, 0.1) is 12.1 Å². The van der Waals surface area contributed by atoms with Gasteiger partial charge < -0.3 is 4.90 Å². The lowest BCUT2D eigenvalue weighted by molar-refractivity contribution is -0.118. The van der Waals surface area contributed by atoms with E-state index in [1.54, 1.807) is 6.92 Å². The molecular weight excluding hydrogens is 380 g/mol. The molecule has 4 aromatic rings. The molecule has 0 saturated heterocycles. The van der Waals surface area contributed by atoms with E-state index in [-0.39, 0.29) is 12.3 Å². The predicted molar refractivity (Wildman–Crippen MR) is 107 cm³/mol. The number of likely N-dealkylation sites (N-methyl/N-ethyl adjacent to an activating group) is 1. The van der Waals surface area contributed by atoms with Crippen LogP contribution in [0.1, 0.15) is 12.6 Å². The first-order chi connectivity index (χ1) is 13.6. The maximum absolute atomic E-state index is 13.6. The molecule has 0 bridgehead atoms. The molecule has 2 aromatic carbocycles. The van der Waals surface area contributed by atoms with Gasteiger partial charge in [-0.2, -0.15) is 0 Å². The minimum Gasteiger partial charge on any atom is -0.312 e. The number of rotatable bonds is 5. The average Bonchev–Trinajstić information content (AvgIpc) is 3.28. The monoisotopic (exact) mass is 397 g/mol. The van der Waals surface area contributed by atoms with Crippen molar-refractivity contribution in [2.45, 2.75) is 13.3 Å². The van der Waals surface area contributed by atoms with Gasteiger partial charge in [0.1, 0.15) is 0 Å². The van der Waals surface area contributed by atoms with Crippen molar-refractivity contribution in [2.75, 3.05) is 11.4 Å². The lowest BCUT2D eigenvalue weighted by Gasteiger charge is -2.21. The Morgan fingerprint density at radius 3 is 2.64 bits per heavy atom. The van der Waals surface area contributed by atoms with E-state index >= 15 is 0 Å². The molecule has 0 saturated carbocycles. The number of imidazole rings is 1. The highest BCUT2D eigenvalue weighted by Gasteiger charge is 2.19. The number of aromatic nitrogens is 2. The zero-order valence-electron chi connectivity index (χ0n) is 15.1. The normalized spacial score (nSPS) is 11.1. The fourth-order valence-electron chi connectivity index (χ4n) is 3.11. The number of amides is 1. The second kappa shape index (κ2) is 7.52. The molecule has 142 valence electrons. The van der Waals surface area contributed by atoms with Crippen LogP contribution in [0, 0.1) is 11.6 Å². The average molecular weight is 397 g/mol. The van der Waals surface area contributed by atoms with E-state index in [4.69, 9.17) is 0 Å². The lowest BCUT2D eigenvalue weighted by atomic mass is 10.2. The predicted octanol–water partition coefficient (Wildman–Crippen LogP) is 4.94. The van der Waals surface area contributed by atoms with Gasteiger partial charge in [0.15, 0.2) is 16.6 Å². The van der Waals surface area contributed by atoms with Gasteiger partial charge >= 0.3 is 0 Å². The standard InChI is InChI=1S/C21H17F2N3OS/c1-2-25(15-8-9-17(22)18(23)10-15)20(27)11-16-13-28-21-24-19(12-26(16)21)14-6-4-3-5-7-14/h3-10,12-13H,2,11H2,1H3. The van der Waals surface area contributed by atoms with Crippen LogP contribution in [0.25, 0.3) is 16.2 Å². The number of anilines is 1. The van der Waals surface area contributed by atoms with Crippen LogP contribution in [0.4, 0.5) is 14.5 Å². The highest BCUT2D eigenvalue weighted by molar-refractivity contribution is 7.15. The number of benzene rings is 2. The molecule has 0 unspecified atom stereocenters. The van der Waals surface area contributed by atoms with Crippen LogP contribution in [-0.2, 0) is 11.2 Å². The van der Waals surface area contributed by atoms with Crippen molar-refractivity contribution in [1.29, 1.82) is 0 Å². The van der Waals surface area contributed by atoms with Crippen molar-refractivity contribution < 1.29 is 13.6 Å². The van der Waals surface area contributed by atoms with E-state index < -0.39 is 11.6 Å². The first-order valence-electron chi connectivity index (χ1n) is 8.83. The minimum atomic E-state index is -0.969. The summed E-state index contributed by atoms with van der Waals surface area (Å²) in [5.41, 5.74) is 3.00. The SMILES string of the molecule is CCN(C(=O)Cc1csc2nc(-c3ccccc3)cn12)c1ccc(F)c(F)c1. The van der Waals surface area contributed by atoms with E-state index in [2.05, 4.69) is 4.98 Å². The van der Waals surface area contributed by atoms with Crippen molar-refractivity contribution in [2.24, 2.45) is 0 Å². The number of hydrogen-bond acceptors (Lipinski definition) is 3. The summed E-state index contributed by atoms with van der Waals surface area (Å²) >= 11 is 1.46. The smallest absolute Gasteiger partial charge is 0.232 e. The number of hydrogen-bond donors (Lipinski definition) is 0. The maximum Gasteiger partial charge on any atom is 0.232 e. The topological polar surface area (TPSA) is 37.6 Å². The number of carbonyl (C=O) groups is 1. The third kappa shape index (κ3) is 3.41. The van der Waals surface area contributed by atoms with Crippen LogP contribution < -0.4 is 4.90 Å². The van der Waals surface area contributed by atoms with Gasteiger partial charge in [0.2, 0.25) is 5.91 Å². The van der Waals surface area contributed by atoms with E-state index in [1.807, 2.05) is 46.3 Å². The Bertz CT molecular complexity index is 1140. The summed E-state index contributed by atoms with van der Waals surface area (Å²) in [7, 11) is 0. The molecule has 2 heterocycles. The van der Waals surface area contributed by atoms with Crippen molar-refractivity contribution in [3.8, 4) is 11.3 Å². The Morgan fingerprint density at radius 2 is 1.93 bits per heavy atom. The number of nitrogens with zero attached hydrogens (tertiary/aromatic N) is 3. The summed E-state index contributed by atoms with van der Waals surface area (Å²) in [5.74, 6) is -2.09. The summed E-state index contributed by atoms with van der Waals surface area (Å²) in [6, 6.07) is 13.3. The van der Waals surface area contributed by atoms with Crippen LogP contribution in [0.3, 0.4) is 0 Å². The van der Waals surface area contributed by atoms with E-state index in [1.165, 1.54) is 22.3 Å². The zero-order valence-corrected chi connectivity index (χ0v) is 15.9. The second-order valence-electron chi connectivity index (χ2n) is 6.28. The van der Waals surface area contributed by atoms with Gasteiger partial charge in [-0.1, -0.05) is 30.3 Å². The summed E-state index contributed by atoms with van der Waals surface area (Å²) < 4.78 is 28.7. The van der Waals surface area contributed by atoms with Gasteiger partial charge in [0, 0.05) is 41.1 Å². The number of halogens is 2. The van der Waals surface area contributed by atoms with Crippen LogP contribution in [-0.4, -0.2) is 21.8 Å². The largest absolute Gasteiger partial charge is 0.312 e. The fourth-order valence-corrected chi connectivity index (χ4v) is 3.98. The van der Waals surface area contributed by atoms with Gasteiger partial charge in [-0.15, -0.1) is 11.3 Å². The molecule has 1 amide bonds. The molecule has 2 aromatic heterocycles. The quantitative estimate of drug-likeness (QED) is 0.479. The van der Waals surface area contributed by atoms with Crippen molar-refractivity contribution in [3.05, 3.63) is 77.4 Å². The van der Waals surface area contributed by atoms with Gasteiger partial charge in [-0.05, 0) is 19.1 Å². The number of carbonyl (C=O) groups excluding carboxylic acids is 1. The van der Waals surface area contributed by atoms with E-state index in [0.717, 1.165) is 34.0 Å². The molecule has 28 heavy (non-hydrogen) atoms.